The fraction of sp³-hybridized carbons (Fsp3) is 0.517. The van der Waals surface area contributed by atoms with Crippen molar-refractivity contribution in [1.29, 1.82) is 0 Å². The molecule has 2 N–H and O–H groups in total. The Hall–Kier alpha value is -3.27. The minimum absolute atomic E-state index is 0.130. The number of pyridine rings is 2. The molecule has 0 radical (unpaired) electrons. The quantitative estimate of drug-likeness (QED) is 0.415. The summed E-state index contributed by atoms with van der Waals surface area (Å²) < 4.78 is 10.7. The SMILES string of the molecule is CC1(C)CC2CCCNc3cccc(n3)SNC(=O)c3ccc(-n4ccc(OCC5CCCC5)n4)nc3N1C2. The summed E-state index contributed by atoms with van der Waals surface area (Å²) in [4.78, 5) is 25.5. The van der Waals surface area contributed by atoms with Gasteiger partial charge in [0.1, 0.15) is 16.7 Å². The van der Waals surface area contributed by atoms with Crippen LogP contribution in [0.25, 0.3) is 5.82 Å². The number of carbonyl (C=O) groups excluding carboxylic acids is 1. The number of ether oxygens (including phenoxy) is 1. The lowest BCUT2D eigenvalue weighted by molar-refractivity contribution is 0.0984. The van der Waals surface area contributed by atoms with E-state index in [2.05, 4.69) is 38.9 Å². The van der Waals surface area contributed by atoms with E-state index in [0.29, 0.717) is 41.5 Å². The van der Waals surface area contributed by atoms with E-state index in [4.69, 9.17) is 9.72 Å². The number of nitrogens with zero attached hydrogens (tertiary/aromatic N) is 5. The standard InChI is InChI=1S/C29H37N7O2S/c1-29(2)17-21-9-6-15-30-23-10-5-11-26(31-23)39-34-28(37)22-12-13-24(32-27(22)35(29)18-21)36-16-14-25(33-36)38-19-20-7-3-4-8-20/h5,10-14,16,20-21H,3-4,6-9,15,17-19H2,1-2H3,(H,30,31)(H,34,37). The first-order valence-corrected chi connectivity index (χ1v) is 14.9. The predicted molar refractivity (Wildman–Crippen MR) is 154 cm³/mol. The van der Waals surface area contributed by atoms with Crippen LogP contribution >= 0.6 is 11.9 Å². The average Bonchev–Trinajstić information content (AvgIpc) is 3.68. The summed E-state index contributed by atoms with van der Waals surface area (Å²) in [5.74, 6) is 3.75. The van der Waals surface area contributed by atoms with E-state index in [1.807, 2.05) is 42.6 Å². The number of hydrogen-bond acceptors (Lipinski definition) is 8. The van der Waals surface area contributed by atoms with Crippen molar-refractivity contribution in [3.8, 4) is 11.7 Å². The van der Waals surface area contributed by atoms with Gasteiger partial charge in [-0.2, -0.15) is 0 Å². The van der Waals surface area contributed by atoms with Crippen molar-refractivity contribution in [1.82, 2.24) is 24.5 Å². The second-order valence-corrected chi connectivity index (χ2v) is 12.4. The van der Waals surface area contributed by atoms with Gasteiger partial charge >= 0.3 is 0 Å². The first-order valence-electron chi connectivity index (χ1n) is 14.1. The molecule has 0 aromatic carbocycles. The molecular weight excluding hydrogens is 510 g/mol. The normalized spacial score (nSPS) is 21.4. The largest absolute Gasteiger partial charge is 0.476 e. The number of fused-ring (bicyclic) bond motifs is 6. The molecule has 2 fully saturated rings. The molecule has 3 aliphatic rings. The maximum absolute atomic E-state index is 13.5. The zero-order chi connectivity index (χ0) is 26.8. The Morgan fingerprint density at radius 1 is 1.08 bits per heavy atom. The molecule has 10 heteroatoms. The van der Waals surface area contributed by atoms with Gasteiger partial charge in [-0.15, -0.1) is 5.10 Å². The van der Waals surface area contributed by atoms with E-state index in [1.54, 1.807) is 4.68 Å². The molecule has 1 saturated carbocycles. The van der Waals surface area contributed by atoms with Crippen LogP contribution in [0.5, 0.6) is 5.88 Å². The van der Waals surface area contributed by atoms with Crippen molar-refractivity contribution in [2.24, 2.45) is 11.8 Å². The molecule has 2 aliphatic heterocycles. The third kappa shape index (κ3) is 5.85. The summed E-state index contributed by atoms with van der Waals surface area (Å²) in [6.45, 7) is 6.93. The molecule has 9 nitrogen and oxygen atoms in total. The van der Waals surface area contributed by atoms with Gasteiger partial charge in [0.2, 0.25) is 5.88 Å². The van der Waals surface area contributed by atoms with Gasteiger partial charge in [-0.25, -0.2) is 14.6 Å². The third-order valence-electron chi connectivity index (χ3n) is 8.13. The lowest BCUT2D eigenvalue weighted by Crippen LogP contribution is -2.40. The highest BCUT2D eigenvalue weighted by Crippen LogP contribution is 2.40. The Balaban J connectivity index is 1.30. The molecule has 206 valence electrons. The fourth-order valence-electron chi connectivity index (χ4n) is 6.12. The van der Waals surface area contributed by atoms with Crippen LogP contribution in [0.3, 0.4) is 0 Å². The number of aromatic nitrogens is 4. The first-order chi connectivity index (χ1) is 18.9. The number of anilines is 2. The van der Waals surface area contributed by atoms with Crippen LogP contribution < -0.4 is 19.7 Å². The second kappa shape index (κ2) is 11.1. The van der Waals surface area contributed by atoms with Gasteiger partial charge in [0.05, 0.1) is 12.2 Å². The van der Waals surface area contributed by atoms with Crippen LogP contribution in [0.1, 0.15) is 69.2 Å². The molecule has 1 atom stereocenters. The van der Waals surface area contributed by atoms with E-state index in [9.17, 15) is 4.79 Å². The van der Waals surface area contributed by atoms with Crippen LogP contribution in [0.15, 0.2) is 47.6 Å². The van der Waals surface area contributed by atoms with Crippen LogP contribution in [-0.4, -0.2) is 50.9 Å². The topological polar surface area (TPSA) is 97.2 Å². The Kier molecular flexibility index (Phi) is 7.38. The summed E-state index contributed by atoms with van der Waals surface area (Å²) in [5, 5.41) is 8.82. The monoisotopic (exact) mass is 547 g/mol. The maximum atomic E-state index is 13.5. The van der Waals surface area contributed by atoms with Gasteiger partial charge in [-0.1, -0.05) is 18.9 Å². The minimum atomic E-state index is -0.190. The molecule has 1 saturated heterocycles. The lowest BCUT2D eigenvalue weighted by atomic mass is 9.93. The van der Waals surface area contributed by atoms with Crippen LogP contribution in [0.4, 0.5) is 11.6 Å². The highest BCUT2D eigenvalue weighted by atomic mass is 32.2. The Morgan fingerprint density at radius 2 is 1.95 bits per heavy atom. The summed E-state index contributed by atoms with van der Waals surface area (Å²) >= 11 is 1.22. The van der Waals surface area contributed by atoms with Crippen molar-refractivity contribution >= 4 is 29.5 Å². The zero-order valence-electron chi connectivity index (χ0n) is 22.7. The number of carbonyl (C=O) groups is 1. The van der Waals surface area contributed by atoms with Crippen molar-refractivity contribution in [2.45, 2.75) is 69.4 Å². The molecule has 3 aromatic heterocycles. The zero-order valence-corrected chi connectivity index (χ0v) is 23.5. The average molecular weight is 548 g/mol. The molecule has 0 spiro atoms. The molecule has 6 rings (SSSR count). The van der Waals surface area contributed by atoms with E-state index >= 15 is 0 Å². The van der Waals surface area contributed by atoms with Crippen LogP contribution in [0.2, 0.25) is 0 Å². The smallest absolute Gasteiger partial charge is 0.265 e. The Labute approximate surface area is 234 Å². The molecule has 1 aliphatic carbocycles. The maximum Gasteiger partial charge on any atom is 0.265 e. The second-order valence-electron chi connectivity index (χ2n) is 11.6. The Bertz CT molecular complexity index is 1320. The van der Waals surface area contributed by atoms with Gasteiger partial charge in [0, 0.05) is 42.8 Å². The molecular formula is C29H37N7O2S. The van der Waals surface area contributed by atoms with Crippen molar-refractivity contribution in [3.63, 3.8) is 0 Å². The third-order valence-corrected chi connectivity index (χ3v) is 8.85. The van der Waals surface area contributed by atoms with E-state index < -0.39 is 0 Å². The highest BCUT2D eigenvalue weighted by Gasteiger charge is 2.40. The van der Waals surface area contributed by atoms with Crippen LogP contribution in [0, 0.1) is 11.8 Å². The summed E-state index contributed by atoms with van der Waals surface area (Å²) in [6.07, 6.45) is 10.1. The predicted octanol–water partition coefficient (Wildman–Crippen LogP) is 5.48. The molecule has 4 bridgehead atoms. The molecule has 1 amide bonds. The van der Waals surface area contributed by atoms with Gasteiger partial charge < -0.3 is 15.0 Å². The molecule has 39 heavy (non-hydrogen) atoms. The first kappa shape index (κ1) is 26.0. The molecule has 1 unspecified atom stereocenters. The van der Waals surface area contributed by atoms with Gasteiger partial charge in [-0.05, 0) is 82.1 Å². The number of hydrogen-bond donors (Lipinski definition) is 2. The van der Waals surface area contributed by atoms with Crippen molar-refractivity contribution < 1.29 is 9.53 Å². The fourth-order valence-corrected chi connectivity index (χ4v) is 6.72. The summed E-state index contributed by atoms with van der Waals surface area (Å²) in [6, 6.07) is 11.4. The lowest BCUT2D eigenvalue weighted by Gasteiger charge is -2.34. The van der Waals surface area contributed by atoms with Gasteiger partial charge in [-0.3, -0.25) is 9.52 Å². The van der Waals surface area contributed by atoms with Crippen LogP contribution in [-0.2, 0) is 0 Å². The Morgan fingerprint density at radius 3 is 2.82 bits per heavy atom. The van der Waals surface area contributed by atoms with Crippen molar-refractivity contribution in [3.05, 3.63) is 48.2 Å². The molecule has 5 heterocycles. The number of amides is 1. The van der Waals surface area contributed by atoms with E-state index in [0.717, 1.165) is 43.2 Å². The van der Waals surface area contributed by atoms with Gasteiger partial charge in [0.25, 0.3) is 5.91 Å². The number of rotatable bonds is 4. The van der Waals surface area contributed by atoms with E-state index in [-0.39, 0.29) is 11.4 Å². The summed E-state index contributed by atoms with van der Waals surface area (Å²) in [5.41, 5.74) is 0.420. The summed E-state index contributed by atoms with van der Waals surface area (Å²) in [7, 11) is 0. The molecule has 3 aromatic rings. The van der Waals surface area contributed by atoms with E-state index in [1.165, 1.54) is 37.6 Å². The van der Waals surface area contributed by atoms with Crippen molar-refractivity contribution in [2.75, 3.05) is 29.9 Å². The highest BCUT2D eigenvalue weighted by molar-refractivity contribution is 7.97. The van der Waals surface area contributed by atoms with Gasteiger partial charge in [0.15, 0.2) is 5.82 Å². The number of nitrogens with one attached hydrogen (secondary N) is 2. The minimum Gasteiger partial charge on any atom is -0.476 e.